The molecule has 6 atom stereocenters. The largest absolute Gasteiger partial charge is 0.497 e. The molecule has 1 aliphatic heterocycles. The van der Waals surface area contributed by atoms with Crippen molar-refractivity contribution in [3.05, 3.63) is 99.6 Å². The predicted octanol–water partition coefficient (Wildman–Crippen LogP) is 4.84. The monoisotopic (exact) mass is 753 g/mol. The predicted molar refractivity (Wildman–Crippen MR) is 169 cm³/mol. The lowest BCUT2D eigenvalue weighted by Gasteiger charge is -2.30. The number of esters is 1. The quantitative estimate of drug-likeness (QED) is 0.0568. The van der Waals surface area contributed by atoms with Crippen LogP contribution in [0, 0.1) is 33.8 Å². The zero-order valence-corrected chi connectivity index (χ0v) is 27.3. The van der Waals surface area contributed by atoms with Crippen LogP contribution in [0.15, 0.2) is 72.8 Å². The molecular weight excluding hydrogens is 730 g/mol. The number of carbonyl (C=O) groups excluding carboxylic acids is 5. The van der Waals surface area contributed by atoms with Crippen molar-refractivity contribution >= 4 is 67.0 Å². The van der Waals surface area contributed by atoms with Crippen molar-refractivity contribution < 1.29 is 38.4 Å². The van der Waals surface area contributed by atoms with Crippen LogP contribution < -0.4 is 9.47 Å². The van der Waals surface area contributed by atoms with Gasteiger partial charge in [-0.3, -0.25) is 29.3 Å². The molecule has 0 unspecified atom stereocenters. The van der Waals surface area contributed by atoms with Gasteiger partial charge in [-0.05, 0) is 72.9 Å². The van der Waals surface area contributed by atoms with E-state index < -0.39 is 52.8 Å². The molecule has 0 spiro atoms. The molecule has 1 heterocycles. The molecule has 0 aromatic heterocycles. The zero-order chi connectivity index (χ0) is 32.9. The number of amides is 3. The number of fused-ring (bicyclic) bond motifs is 5. The number of Topliss-reactive ketones (excluding diaryl/α,β-unsaturated/α-hetero) is 1. The van der Waals surface area contributed by atoms with Gasteiger partial charge in [0.25, 0.3) is 23.4 Å². The topological polar surface area (TPSA) is 153 Å². The summed E-state index contributed by atoms with van der Waals surface area (Å²) >= 11 is 7.28. The van der Waals surface area contributed by atoms with E-state index >= 15 is 0 Å². The number of imide groups is 1. The molecule has 3 amide bonds. The Bertz CT molecular complexity index is 1730. The fraction of sp³-hybridized carbons (Fsp3) is 0.281. The second-order valence-corrected chi connectivity index (χ2v) is 13.3. The summed E-state index contributed by atoms with van der Waals surface area (Å²) in [6.07, 6.45) is 0.677. The van der Waals surface area contributed by atoms with Crippen molar-refractivity contribution in [3.8, 4) is 11.5 Å². The Hall–Kier alpha value is -4.43. The van der Waals surface area contributed by atoms with E-state index in [9.17, 15) is 34.1 Å². The molecule has 3 fully saturated rings. The fourth-order valence-corrected chi connectivity index (χ4v) is 8.40. The highest BCUT2D eigenvalue weighted by Crippen LogP contribution is 2.60. The number of hydrazine groups is 1. The van der Waals surface area contributed by atoms with Gasteiger partial charge in [0.05, 0.1) is 29.4 Å². The van der Waals surface area contributed by atoms with Crippen LogP contribution in [-0.4, -0.2) is 67.7 Å². The molecule has 14 heteroatoms. The summed E-state index contributed by atoms with van der Waals surface area (Å²) in [6, 6.07) is 16.7. The average molecular weight is 755 g/mol. The first-order valence-electron chi connectivity index (χ1n) is 14.2. The SMILES string of the molecule is COc1cccc(C(=O)Oc2ccc(C(=O)CN(C(=O)c3ccc([N+](=O)[O-])cc3)N3C(=O)[C@@H]4[C@H]5C[C@@H]([C@H](Br)[C@H]5Br)[C@H]4C3=O)cc2)c1. The van der Waals surface area contributed by atoms with Crippen molar-refractivity contribution in [2.24, 2.45) is 23.7 Å². The van der Waals surface area contributed by atoms with Gasteiger partial charge in [-0.1, -0.05) is 37.9 Å². The lowest BCUT2D eigenvalue weighted by molar-refractivity contribution is -0.384. The van der Waals surface area contributed by atoms with E-state index in [0.29, 0.717) is 12.2 Å². The van der Waals surface area contributed by atoms with Crippen LogP contribution in [0.25, 0.3) is 0 Å². The molecule has 0 radical (unpaired) electrons. The zero-order valence-electron chi connectivity index (χ0n) is 24.1. The Morgan fingerprint density at radius 1 is 0.870 bits per heavy atom. The summed E-state index contributed by atoms with van der Waals surface area (Å²) < 4.78 is 10.5. The van der Waals surface area contributed by atoms with E-state index in [1.165, 1.54) is 49.6 Å². The number of alkyl halides is 2. The van der Waals surface area contributed by atoms with Crippen LogP contribution in [0.2, 0.25) is 0 Å². The molecular formula is C32H25Br2N3O9. The number of methoxy groups -OCH3 is 1. The first-order valence-corrected chi connectivity index (χ1v) is 16.0. The smallest absolute Gasteiger partial charge is 0.343 e. The highest BCUT2D eigenvalue weighted by Gasteiger charge is 2.67. The van der Waals surface area contributed by atoms with Crippen LogP contribution in [0.1, 0.15) is 37.5 Å². The normalized spacial score (nSPS) is 24.5. The Morgan fingerprint density at radius 3 is 2.02 bits per heavy atom. The number of ketones is 1. The fourth-order valence-electron chi connectivity index (χ4n) is 6.53. The van der Waals surface area contributed by atoms with Crippen LogP contribution in [-0.2, 0) is 9.59 Å². The van der Waals surface area contributed by atoms with Crippen molar-refractivity contribution in [3.63, 3.8) is 0 Å². The van der Waals surface area contributed by atoms with E-state index in [2.05, 4.69) is 31.9 Å². The van der Waals surface area contributed by atoms with Crippen LogP contribution in [0.3, 0.4) is 0 Å². The van der Waals surface area contributed by atoms with Gasteiger partial charge in [-0.25, -0.2) is 9.80 Å². The second-order valence-electron chi connectivity index (χ2n) is 11.2. The average Bonchev–Trinajstić information content (AvgIpc) is 3.68. The summed E-state index contributed by atoms with van der Waals surface area (Å²) in [5.41, 5.74) is 0.0895. The molecule has 6 rings (SSSR count). The van der Waals surface area contributed by atoms with E-state index in [0.717, 1.165) is 22.2 Å². The minimum Gasteiger partial charge on any atom is -0.497 e. The number of hydrogen-bond donors (Lipinski definition) is 0. The number of nitro groups is 1. The maximum atomic E-state index is 13.8. The number of ether oxygens (including phenoxy) is 2. The number of nitrogens with zero attached hydrogens (tertiary/aromatic N) is 3. The van der Waals surface area contributed by atoms with Crippen molar-refractivity contribution in [1.82, 2.24) is 10.0 Å². The van der Waals surface area contributed by atoms with Crippen molar-refractivity contribution in [1.29, 1.82) is 0 Å². The Kier molecular flexibility index (Phi) is 8.51. The highest BCUT2D eigenvalue weighted by atomic mass is 79.9. The van der Waals surface area contributed by atoms with Gasteiger partial charge >= 0.3 is 5.97 Å². The molecule has 2 saturated carbocycles. The summed E-state index contributed by atoms with van der Waals surface area (Å²) in [6.45, 7) is -0.666. The minimum atomic E-state index is -0.841. The molecule has 3 aliphatic rings. The third kappa shape index (κ3) is 5.49. The van der Waals surface area contributed by atoms with Crippen LogP contribution in [0.4, 0.5) is 5.69 Å². The lowest BCUT2D eigenvalue weighted by atomic mass is 9.81. The highest BCUT2D eigenvalue weighted by molar-refractivity contribution is 9.12. The number of non-ortho nitro benzene ring substituents is 1. The standard InChI is InChI=1S/C32H25Br2N3O9/c1-45-21-4-2-3-18(13-21)32(42)46-20-11-7-16(8-12-20)24(38)15-35(29(39)17-5-9-19(10-6-17)37(43)44)36-30(40)25-22-14-23(26(25)31(36)41)28(34)27(22)33/h2-13,22-23,25-28H,14-15H2,1H3/t22-,23-,25-,26-,27+,28+/m1/s1. The molecule has 12 nitrogen and oxygen atoms in total. The lowest BCUT2D eigenvalue weighted by Crippen LogP contribution is -2.52. The summed E-state index contributed by atoms with van der Waals surface area (Å²) in [5, 5.41) is 12.8. The molecule has 0 N–H and O–H groups in total. The molecule has 2 aliphatic carbocycles. The molecule has 3 aromatic carbocycles. The Morgan fingerprint density at radius 2 is 1.46 bits per heavy atom. The van der Waals surface area contributed by atoms with Gasteiger partial charge in [-0.15, -0.1) is 0 Å². The van der Waals surface area contributed by atoms with Gasteiger partial charge in [-0.2, -0.15) is 5.01 Å². The van der Waals surface area contributed by atoms with Gasteiger partial charge < -0.3 is 9.47 Å². The number of rotatable bonds is 9. The maximum Gasteiger partial charge on any atom is 0.343 e. The van der Waals surface area contributed by atoms with Crippen molar-refractivity contribution in [2.75, 3.05) is 13.7 Å². The van der Waals surface area contributed by atoms with Crippen LogP contribution >= 0.6 is 31.9 Å². The molecule has 1 saturated heterocycles. The Labute approximate surface area is 279 Å². The Balaban J connectivity index is 1.25. The van der Waals surface area contributed by atoms with E-state index in [-0.39, 0.29) is 49.6 Å². The number of nitro benzene ring substituents is 1. The summed E-state index contributed by atoms with van der Waals surface area (Å²) in [5.74, 6) is -4.10. The van der Waals surface area contributed by atoms with Gasteiger partial charge in [0, 0.05) is 32.9 Å². The third-order valence-electron chi connectivity index (χ3n) is 8.75. The number of halogens is 2. The van der Waals surface area contributed by atoms with Gasteiger partial charge in [0.15, 0.2) is 5.78 Å². The van der Waals surface area contributed by atoms with Crippen LogP contribution in [0.5, 0.6) is 11.5 Å². The van der Waals surface area contributed by atoms with E-state index in [1.54, 1.807) is 18.2 Å². The molecule has 236 valence electrons. The van der Waals surface area contributed by atoms with Crippen molar-refractivity contribution in [2.45, 2.75) is 16.1 Å². The molecule has 46 heavy (non-hydrogen) atoms. The third-order valence-corrected chi connectivity index (χ3v) is 12.0. The van der Waals surface area contributed by atoms with E-state index in [1.807, 2.05) is 0 Å². The van der Waals surface area contributed by atoms with E-state index in [4.69, 9.17) is 9.47 Å². The number of hydrogen-bond acceptors (Lipinski definition) is 9. The number of carbonyl (C=O) groups is 5. The van der Waals surface area contributed by atoms with Gasteiger partial charge in [0.2, 0.25) is 0 Å². The second kappa shape index (κ2) is 12.4. The van der Waals surface area contributed by atoms with Gasteiger partial charge in [0.1, 0.15) is 18.0 Å². The molecule has 3 aromatic rings. The first-order chi connectivity index (χ1) is 22.0. The summed E-state index contributed by atoms with van der Waals surface area (Å²) in [7, 11) is 1.48. The minimum absolute atomic E-state index is 0.0348. The number of benzene rings is 3. The first kappa shape index (κ1) is 31.5. The maximum absolute atomic E-state index is 13.8. The summed E-state index contributed by atoms with van der Waals surface area (Å²) in [4.78, 5) is 78.0. The molecule has 2 bridgehead atoms.